The van der Waals surface area contributed by atoms with Crippen LogP contribution in [0.1, 0.15) is 19.8 Å². The predicted molar refractivity (Wildman–Crippen MR) is 36.1 cm³/mol. The van der Waals surface area contributed by atoms with Crippen molar-refractivity contribution >= 4 is 6.29 Å². The average Bonchev–Trinajstić information content (AvgIpc) is 1.85. The van der Waals surface area contributed by atoms with Crippen LogP contribution in [-0.2, 0) is 4.79 Å². The second-order valence-electron chi connectivity index (χ2n) is 1.94. The topological polar surface area (TPSA) is 37.3 Å². The third-order valence-electron chi connectivity index (χ3n) is 1.10. The maximum Gasteiger partial charge on any atom is 0.120 e. The standard InChI is InChI=1S/C7H12O2/c1-7(4-6-9)3-2-5-8/h4-5,9H,2-3,6H2,1H3. The average molecular weight is 128 g/mol. The molecule has 0 fully saturated rings. The Morgan fingerprint density at radius 1 is 1.67 bits per heavy atom. The fourth-order valence-corrected chi connectivity index (χ4v) is 0.544. The maximum atomic E-state index is 9.82. The summed E-state index contributed by atoms with van der Waals surface area (Å²) in [5.74, 6) is 0. The van der Waals surface area contributed by atoms with Gasteiger partial charge in [0.2, 0.25) is 0 Å². The van der Waals surface area contributed by atoms with Gasteiger partial charge in [-0.25, -0.2) is 0 Å². The van der Waals surface area contributed by atoms with Gasteiger partial charge in [-0.2, -0.15) is 0 Å². The molecular weight excluding hydrogens is 116 g/mol. The fraction of sp³-hybridized carbons (Fsp3) is 0.571. The summed E-state index contributed by atoms with van der Waals surface area (Å²) in [6.07, 6.45) is 3.92. The number of carbonyl (C=O) groups excluding carboxylic acids is 1. The van der Waals surface area contributed by atoms with E-state index in [9.17, 15) is 4.79 Å². The summed E-state index contributed by atoms with van der Waals surface area (Å²) >= 11 is 0. The quantitative estimate of drug-likeness (QED) is 0.451. The Bertz CT molecular complexity index is 105. The van der Waals surface area contributed by atoms with Crippen molar-refractivity contribution in [2.24, 2.45) is 0 Å². The molecule has 0 saturated carbocycles. The molecule has 0 aliphatic rings. The van der Waals surface area contributed by atoms with E-state index in [2.05, 4.69) is 0 Å². The lowest BCUT2D eigenvalue weighted by Gasteiger charge is -1.92. The van der Waals surface area contributed by atoms with Gasteiger partial charge in [-0.15, -0.1) is 0 Å². The van der Waals surface area contributed by atoms with Gasteiger partial charge < -0.3 is 9.90 Å². The minimum absolute atomic E-state index is 0.0741. The van der Waals surface area contributed by atoms with Crippen LogP contribution in [0.25, 0.3) is 0 Å². The molecule has 0 rings (SSSR count). The number of carbonyl (C=O) groups is 1. The van der Waals surface area contributed by atoms with E-state index in [-0.39, 0.29) is 6.61 Å². The zero-order valence-corrected chi connectivity index (χ0v) is 5.63. The Kier molecular flexibility index (Phi) is 5.12. The molecule has 52 valence electrons. The van der Waals surface area contributed by atoms with Gasteiger partial charge in [-0.3, -0.25) is 0 Å². The minimum atomic E-state index is 0.0741. The van der Waals surface area contributed by atoms with Crippen molar-refractivity contribution in [2.75, 3.05) is 6.61 Å². The summed E-state index contributed by atoms with van der Waals surface area (Å²) in [7, 11) is 0. The molecule has 0 aliphatic heterocycles. The SMILES string of the molecule is CC(=CCO)CCC=O. The Morgan fingerprint density at radius 3 is 2.78 bits per heavy atom. The molecule has 2 heteroatoms. The number of hydrogen-bond acceptors (Lipinski definition) is 2. The van der Waals surface area contributed by atoms with Crippen molar-refractivity contribution in [3.8, 4) is 0 Å². The summed E-state index contributed by atoms with van der Waals surface area (Å²) in [4.78, 5) is 9.82. The summed E-state index contributed by atoms with van der Waals surface area (Å²) in [6, 6.07) is 0. The highest BCUT2D eigenvalue weighted by atomic mass is 16.2. The van der Waals surface area contributed by atoms with Crippen molar-refractivity contribution in [2.45, 2.75) is 19.8 Å². The Balaban J connectivity index is 3.36. The first-order chi connectivity index (χ1) is 4.31. The summed E-state index contributed by atoms with van der Waals surface area (Å²) in [5.41, 5.74) is 1.07. The first kappa shape index (κ1) is 8.37. The van der Waals surface area contributed by atoms with E-state index in [0.29, 0.717) is 6.42 Å². The summed E-state index contributed by atoms with van der Waals surface area (Å²) in [6.45, 7) is 1.98. The molecule has 0 aromatic carbocycles. The van der Waals surface area contributed by atoms with Gasteiger partial charge in [0.15, 0.2) is 0 Å². The van der Waals surface area contributed by atoms with Gasteiger partial charge in [0.05, 0.1) is 6.61 Å². The van der Waals surface area contributed by atoms with E-state index < -0.39 is 0 Å². The highest BCUT2D eigenvalue weighted by Crippen LogP contribution is 2.00. The van der Waals surface area contributed by atoms with E-state index in [1.807, 2.05) is 6.92 Å². The molecule has 0 heterocycles. The molecule has 0 saturated heterocycles. The summed E-state index contributed by atoms with van der Waals surface area (Å²) in [5, 5.41) is 8.37. The first-order valence-corrected chi connectivity index (χ1v) is 3.01. The van der Waals surface area contributed by atoms with Crippen molar-refractivity contribution < 1.29 is 9.90 Å². The van der Waals surface area contributed by atoms with Gasteiger partial charge in [0, 0.05) is 6.42 Å². The molecular formula is C7H12O2. The van der Waals surface area contributed by atoms with E-state index in [1.165, 1.54) is 0 Å². The van der Waals surface area contributed by atoms with Crippen LogP contribution in [0.4, 0.5) is 0 Å². The Morgan fingerprint density at radius 2 is 2.33 bits per heavy atom. The van der Waals surface area contributed by atoms with Gasteiger partial charge in [0.25, 0.3) is 0 Å². The fourth-order valence-electron chi connectivity index (χ4n) is 0.544. The van der Waals surface area contributed by atoms with Crippen LogP contribution in [-0.4, -0.2) is 18.0 Å². The molecule has 0 atom stereocenters. The highest BCUT2D eigenvalue weighted by molar-refractivity contribution is 5.49. The third-order valence-corrected chi connectivity index (χ3v) is 1.10. The molecule has 0 bridgehead atoms. The molecule has 1 N–H and O–H groups in total. The molecule has 0 unspecified atom stereocenters. The zero-order chi connectivity index (χ0) is 7.11. The molecule has 0 amide bonds. The van der Waals surface area contributed by atoms with Crippen molar-refractivity contribution in [1.29, 1.82) is 0 Å². The Labute approximate surface area is 55.2 Å². The number of aliphatic hydroxyl groups excluding tert-OH is 1. The van der Waals surface area contributed by atoms with Crippen LogP contribution in [0.2, 0.25) is 0 Å². The van der Waals surface area contributed by atoms with Gasteiger partial charge in [-0.05, 0) is 13.3 Å². The van der Waals surface area contributed by atoms with E-state index >= 15 is 0 Å². The Hall–Kier alpha value is -0.630. The molecule has 0 aromatic heterocycles. The normalized spacial score (nSPS) is 11.6. The molecule has 0 spiro atoms. The number of allylic oxidation sites excluding steroid dienone is 1. The van der Waals surface area contributed by atoms with Crippen LogP contribution in [0.3, 0.4) is 0 Å². The lowest BCUT2D eigenvalue weighted by atomic mass is 10.2. The van der Waals surface area contributed by atoms with Gasteiger partial charge in [0.1, 0.15) is 6.29 Å². The lowest BCUT2D eigenvalue weighted by Crippen LogP contribution is -1.81. The van der Waals surface area contributed by atoms with Crippen molar-refractivity contribution in [3.05, 3.63) is 11.6 Å². The van der Waals surface area contributed by atoms with E-state index in [0.717, 1.165) is 18.3 Å². The van der Waals surface area contributed by atoms with Crippen molar-refractivity contribution in [3.63, 3.8) is 0 Å². The van der Waals surface area contributed by atoms with Crippen LogP contribution in [0.5, 0.6) is 0 Å². The van der Waals surface area contributed by atoms with Crippen LogP contribution in [0.15, 0.2) is 11.6 Å². The number of aldehydes is 1. The molecule has 0 aliphatic carbocycles. The molecule has 9 heavy (non-hydrogen) atoms. The second-order valence-corrected chi connectivity index (χ2v) is 1.94. The minimum Gasteiger partial charge on any atom is -0.392 e. The zero-order valence-electron chi connectivity index (χ0n) is 5.63. The first-order valence-electron chi connectivity index (χ1n) is 3.01. The number of aliphatic hydroxyl groups is 1. The third kappa shape index (κ3) is 5.24. The van der Waals surface area contributed by atoms with Crippen LogP contribution >= 0.6 is 0 Å². The van der Waals surface area contributed by atoms with Gasteiger partial charge in [-0.1, -0.05) is 11.6 Å². The largest absolute Gasteiger partial charge is 0.392 e. The number of hydrogen-bond donors (Lipinski definition) is 1. The smallest absolute Gasteiger partial charge is 0.120 e. The van der Waals surface area contributed by atoms with E-state index in [1.54, 1.807) is 6.08 Å². The van der Waals surface area contributed by atoms with Crippen LogP contribution in [0, 0.1) is 0 Å². The van der Waals surface area contributed by atoms with E-state index in [4.69, 9.17) is 5.11 Å². The predicted octanol–water partition coefficient (Wildman–Crippen LogP) is 0.904. The summed E-state index contributed by atoms with van der Waals surface area (Å²) < 4.78 is 0. The maximum absolute atomic E-state index is 9.82. The van der Waals surface area contributed by atoms with Crippen LogP contribution < -0.4 is 0 Å². The van der Waals surface area contributed by atoms with Crippen molar-refractivity contribution in [1.82, 2.24) is 0 Å². The second kappa shape index (κ2) is 5.51. The molecule has 2 nitrogen and oxygen atoms in total. The molecule has 0 aromatic rings. The van der Waals surface area contributed by atoms with Gasteiger partial charge >= 0.3 is 0 Å². The monoisotopic (exact) mass is 128 g/mol. The highest BCUT2D eigenvalue weighted by Gasteiger charge is 1.86. The lowest BCUT2D eigenvalue weighted by molar-refractivity contribution is -0.107. The molecule has 0 radical (unpaired) electrons. The number of rotatable bonds is 4.